The minimum atomic E-state index is 0.201. The minimum Gasteiger partial charge on any atom is -0.329 e. The van der Waals surface area contributed by atoms with Crippen molar-refractivity contribution in [2.45, 2.75) is 39.1 Å². The van der Waals surface area contributed by atoms with Crippen LogP contribution in [0.3, 0.4) is 0 Å². The zero-order chi connectivity index (χ0) is 16.1. The molecule has 2 aliphatic heterocycles. The van der Waals surface area contributed by atoms with E-state index in [0.717, 1.165) is 11.6 Å². The summed E-state index contributed by atoms with van der Waals surface area (Å²) in [6.45, 7) is 7.52. The van der Waals surface area contributed by atoms with Gasteiger partial charge in [0.15, 0.2) is 0 Å². The maximum Gasteiger partial charge on any atom is 0.107 e. The number of hydrogen-bond donors (Lipinski definition) is 3. The highest BCUT2D eigenvalue weighted by atomic mass is 35.5. The van der Waals surface area contributed by atoms with Gasteiger partial charge in [-0.1, -0.05) is 23.7 Å². The van der Waals surface area contributed by atoms with Gasteiger partial charge in [0, 0.05) is 22.0 Å². The first-order valence-electron chi connectivity index (χ1n) is 7.94. The lowest BCUT2D eigenvalue weighted by atomic mass is 9.96. The summed E-state index contributed by atoms with van der Waals surface area (Å²) in [5.74, 6) is 0. The molecule has 1 saturated heterocycles. The zero-order valence-corrected chi connectivity index (χ0v) is 15.1. The van der Waals surface area contributed by atoms with Gasteiger partial charge in [-0.2, -0.15) is 0 Å². The van der Waals surface area contributed by atoms with Crippen LogP contribution in [-0.2, 0) is 0 Å². The summed E-state index contributed by atoms with van der Waals surface area (Å²) in [6, 6.07) is 8.40. The van der Waals surface area contributed by atoms with E-state index < -0.39 is 0 Å². The van der Waals surface area contributed by atoms with Crippen LogP contribution in [0.2, 0.25) is 5.02 Å². The largest absolute Gasteiger partial charge is 0.329 e. The Morgan fingerprint density at radius 3 is 2.65 bits per heavy atom. The maximum atomic E-state index is 6.07. The van der Waals surface area contributed by atoms with Gasteiger partial charge in [-0.25, -0.2) is 10.9 Å². The van der Waals surface area contributed by atoms with Crippen molar-refractivity contribution in [2.24, 2.45) is 0 Å². The Labute approximate surface area is 145 Å². The molecule has 0 aliphatic carbocycles. The van der Waals surface area contributed by atoms with Crippen molar-refractivity contribution in [1.82, 2.24) is 16.2 Å². The average Bonchev–Trinajstić information content (AvgIpc) is 2.97. The Kier molecular flexibility index (Phi) is 3.86. The molecular formula is C17H21ClN4S. The zero-order valence-electron chi connectivity index (χ0n) is 13.5. The fourth-order valence-corrected chi connectivity index (χ4v) is 4.97. The lowest BCUT2D eigenvalue weighted by Crippen LogP contribution is -2.44. The van der Waals surface area contributed by atoms with Crippen molar-refractivity contribution >= 4 is 27.9 Å². The molecule has 2 aromatic rings. The molecule has 1 aromatic carbocycles. The second-order valence-corrected chi connectivity index (χ2v) is 7.92. The highest BCUT2D eigenvalue weighted by Gasteiger charge is 2.38. The van der Waals surface area contributed by atoms with E-state index >= 15 is 0 Å². The van der Waals surface area contributed by atoms with Crippen molar-refractivity contribution in [2.75, 3.05) is 11.4 Å². The Bertz CT molecular complexity index is 727. The molecule has 1 aromatic heterocycles. The van der Waals surface area contributed by atoms with E-state index in [1.807, 2.05) is 23.5 Å². The number of nitrogens with zero attached hydrogens (tertiary/aromatic N) is 1. The molecule has 3 N–H and O–H groups in total. The summed E-state index contributed by atoms with van der Waals surface area (Å²) in [5.41, 5.74) is 10.8. The summed E-state index contributed by atoms with van der Waals surface area (Å²) in [5, 5.41) is 5.88. The number of hydrogen-bond acceptors (Lipinski definition) is 5. The number of fused-ring (bicyclic) bond motifs is 3. The van der Waals surface area contributed by atoms with Crippen LogP contribution in [0.25, 0.3) is 0 Å². The van der Waals surface area contributed by atoms with E-state index in [-0.39, 0.29) is 18.4 Å². The standard InChI is InChI=1S/C17H21ClN4S/c1-9-10(2)23-17-15(9)16(12-4-6-13(18)7-5-12)19-8-14-21-20-11(3)22(14)17/h4-7,11,14,16,19-21H,8H2,1-3H3. The van der Waals surface area contributed by atoms with E-state index in [0.29, 0.717) is 0 Å². The van der Waals surface area contributed by atoms with E-state index in [1.165, 1.54) is 26.6 Å². The highest BCUT2D eigenvalue weighted by molar-refractivity contribution is 7.16. The molecule has 6 heteroatoms. The summed E-state index contributed by atoms with van der Waals surface area (Å²) >= 11 is 7.96. The second kappa shape index (κ2) is 5.76. The molecule has 3 atom stereocenters. The third-order valence-electron chi connectivity index (χ3n) is 4.87. The van der Waals surface area contributed by atoms with Crippen LogP contribution in [0, 0.1) is 13.8 Å². The van der Waals surface area contributed by atoms with Crippen LogP contribution in [0.5, 0.6) is 0 Å². The molecule has 3 unspecified atom stereocenters. The van der Waals surface area contributed by atoms with Gasteiger partial charge in [0.1, 0.15) is 6.17 Å². The van der Waals surface area contributed by atoms with Crippen molar-refractivity contribution < 1.29 is 0 Å². The molecule has 0 radical (unpaired) electrons. The first kappa shape index (κ1) is 15.4. The molecule has 4 nitrogen and oxygen atoms in total. The molecule has 0 amide bonds. The molecule has 0 bridgehead atoms. The SMILES string of the molecule is Cc1sc2c(c1C)C(c1ccc(Cl)cc1)NCC1NNC(C)N21. The molecule has 0 spiro atoms. The number of thiophene rings is 1. The smallest absolute Gasteiger partial charge is 0.107 e. The number of halogens is 1. The summed E-state index contributed by atoms with van der Waals surface area (Å²) in [6.07, 6.45) is 0.542. The quantitative estimate of drug-likeness (QED) is 0.739. The molecule has 0 saturated carbocycles. The van der Waals surface area contributed by atoms with Gasteiger partial charge in [0.05, 0.1) is 17.2 Å². The number of benzene rings is 1. The van der Waals surface area contributed by atoms with Crippen LogP contribution in [-0.4, -0.2) is 18.9 Å². The topological polar surface area (TPSA) is 39.3 Å². The number of hydrazine groups is 1. The van der Waals surface area contributed by atoms with Crippen LogP contribution in [0.1, 0.15) is 34.5 Å². The molecule has 122 valence electrons. The van der Waals surface area contributed by atoms with E-state index in [4.69, 9.17) is 11.6 Å². The van der Waals surface area contributed by atoms with Crippen molar-refractivity contribution in [3.8, 4) is 0 Å². The van der Waals surface area contributed by atoms with Gasteiger partial charge in [-0.3, -0.25) is 0 Å². The van der Waals surface area contributed by atoms with Gasteiger partial charge in [-0.05, 0) is 44.0 Å². The monoisotopic (exact) mass is 348 g/mol. The predicted molar refractivity (Wildman–Crippen MR) is 97.1 cm³/mol. The fourth-order valence-electron chi connectivity index (χ4n) is 3.52. The number of nitrogens with one attached hydrogen (secondary N) is 3. The Morgan fingerprint density at radius 1 is 1.17 bits per heavy atom. The van der Waals surface area contributed by atoms with Gasteiger partial charge >= 0.3 is 0 Å². The van der Waals surface area contributed by atoms with Crippen LogP contribution in [0.15, 0.2) is 24.3 Å². The third-order valence-corrected chi connectivity index (χ3v) is 6.35. The van der Waals surface area contributed by atoms with E-state index in [1.54, 1.807) is 0 Å². The Morgan fingerprint density at radius 2 is 1.91 bits per heavy atom. The van der Waals surface area contributed by atoms with Gasteiger partial charge in [-0.15, -0.1) is 11.3 Å². The van der Waals surface area contributed by atoms with Crippen LogP contribution < -0.4 is 21.1 Å². The first-order valence-corrected chi connectivity index (χ1v) is 9.14. The molecular weight excluding hydrogens is 328 g/mol. The lowest BCUT2D eigenvalue weighted by Gasteiger charge is -2.25. The Balaban J connectivity index is 1.86. The van der Waals surface area contributed by atoms with Crippen LogP contribution in [0.4, 0.5) is 5.00 Å². The summed E-state index contributed by atoms with van der Waals surface area (Å²) in [7, 11) is 0. The molecule has 4 rings (SSSR count). The van der Waals surface area contributed by atoms with Crippen molar-refractivity contribution in [3.05, 3.63) is 50.9 Å². The molecule has 23 heavy (non-hydrogen) atoms. The second-order valence-electron chi connectivity index (χ2n) is 6.28. The molecule has 2 aliphatic rings. The number of rotatable bonds is 1. The van der Waals surface area contributed by atoms with E-state index in [2.05, 4.69) is 54.0 Å². The highest BCUT2D eigenvalue weighted by Crippen LogP contribution is 2.44. The normalized spacial score (nSPS) is 26.8. The van der Waals surface area contributed by atoms with Gasteiger partial charge in [0.2, 0.25) is 0 Å². The summed E-state index contributed by atoms with van der Waals surface area (Å²) in [4.78, 5) is 3.85. The van der Waals surface area contributed by atoms with Crippen molar-refractivity contribution in [3.63, 3.8) is 0 Å². The summed E-state index contributed by atoms with van der Waals surface area (Å²) < 4.78 is 0. The fraction of sp³-hybridized carbons (Fsp3) is 0.412. The Hall–Kier alpha value is -1.11. The lowest BCUT2D eigenvalue weighted by molar-refractivity contribution is 0.493. The number of aryl methyl sites for hydroxylation is 1. The van der Waals surface area contributed by atoms with Gasteiger partial charge in [0.25, 0.3) is 0 Å². The third kappa shape index (κ3) is 2.47. The first-order chi connectivity index (χ1) is 11.1. The molecule has 3 heterocycles. The van der Waals surface area contributed by atoms with Crippen LogP contribution >= 0.6 is 22.9 Å². The van der Waals surface area contributed by atoms with E-state index in [9.17, 15) is 0 Å². The predicted octanol–water partition coefficient (Wildman–Crippen LogP) is 3.30. The average molecular weight is 349 g/mol. The minimum absolute atomic E-state index is 0.201. The maximum absolute atomic E-state index is 6.07. The van der Waals surface area contributed by atoms with Gasteiger partial charge < -0.3 is 10.2 Å². The number of anilines is 1. The molecule has 1 fully saturated rings. The van der Waals surface area contributed by atoms with Crippen molar-refractivity contribution in [1.29, 1.82) is 0 Å².